The summed E-state index contributed by atoms with van der Waals surface area (Å²) in [6.07, 6.45) is 4.87. The first-order valence-corrected chi connectivity index (χ1v) is 11.5. The SMILES string of the molecule is Cc1nc(C2(NC(=O)c3cc4c(C)nn(Cc5ccccc5)c4s3)CCCCC2)no1. The second kappa shape index (κ2) is 7.92. The number of nitrogens with zero attached hydrogens (tertiary/aromatic N) is 4. The van der Waals surface area contributed by atoms with Crippen molar-refractivity contribution in [1.29, 1.82) is 0 Å². The van der Waals surface area contributed by atoms with Crippen LogP contribution in [-0.4, -0.2) is 25.8 Å². The van der Waals surface area contributed by atoms with Crippen molar-refractivity contribution < 1.29 is 9.32 Å². The van der Waals surface area contributed by atoms with Crippen molar-refractivity contribution in [3.63, 3.8) is 0 Å². The molecule has 3 aromatic heterocycles. The van der Waals surface area contributed by atoms with Crippen LogP contribution in [0.25, 0.3) is 10.2 Å². The number of carbonyl (C=O) groups is 1. The van der Waals surface area contributed by atoms with Crippen LogP contribution in [0.4, 0.5) is 0 Å². The number of hydrogen-bond donors (Lipinski definition) is 1. The van der Waals surface area contributed by atoms with Crippen molar-refractivity contribution in [1.82, 2.24) is 25.2 Å². The Labute approximate surface area is 184 Å². The molecule has 0 unspecified atom stereocenters. The smallest absolute Gasteiger partial charge is 0.262 e. The van der Waals surface area contributed by atoms with Gasteiger partial charge >= 0.3 is 0 Å². The predicted octanol–water partition coefficient (Wildman–Crippen LogP) is 4.74. The van der Waals surface area contributed by atoms with Crippen molar-refractivity contribution in [2.24, 2.45) is 0 Å². The maximum absolute atomic E-state index is 13.3. The molecule has 1 amide bonds. The molecule has 1 aliphatic carbocycles. The van der Waals surface area contributed by atoms with Gasteiger partial charge in [-0.1, -0.05) is 54.8 Å². The van der Waals surface area contributed by atoms with Gasteiger partial charge in [0.25, 0.3) is 5.91 Å². The van der Waals surface area contributed by atoms with Crippen molar-refractivity contribution >= 4 is 27.5 Å². The number of amides is 1. The monoisotopic (exact) mass is 435 g/mol. The molecule has 7 nitrogen and oxygen atoms in total. The summed E-state index contributed by atoms with van der Waals surface area (Å²) in [4.78, 5) is 19.5. The summed E-state index contributed by atoms with van der Waals surface area (Å²) >= 11 is 1.48. The lowest BCUT2D eigenvalue weighted by Crippen LogP contribution is -2.47. The zero-order valence-corrected chi connectivity index (χ0v) is 18.5. The van der Waals surface area contributed by atoms with Crippen LogP contribution in [0.1, 0.15) is 64.7 Å². The first-order valence-electron chi connectivity index (χ1n) is 10.7. The lowest BCUT2D eigenvalue weighted by atomic mass is 9.81. The first-order chi connectivity index (χ1) is 15.0. The van der Waals surface area contributed by atoms with E-state index in [2.05, 4.69) is 32.7 Å². The molecule has 0 bridgehead atoms. The third kappa shape index (κ3) is 3.76. The zero-order valence-electron chi connectivity index (χ0n) is 17.7. The van der Waals surface area contributed by atoms with E-state index in [1.165, 1.54) is 16.9 Å². The van der Waals surface area contributed by atoms with Crippen LogP contribution in [0.3, 0.4) is 0 Å². The molecular weight excluding hydrogens is 410 g/mol. The predicted molar refractivity (Wildman–Crippen MR) is 119 cm³/mol. The summed E-state index contributed by atoms with van der Waals surface area (Å²) < 4.78 is 7.22. The number of rotatable bonds is 5. The lowest BCUT2D eigenvalue weighted by Gasteiger charge is -2.35. The Balaban J connectivity index is 1.44. The highest BCUT2D eigenvalue weighted by molar-refractivity contribution is 7.20. The fraction of sp³-hybridized carbons (Fsp3) is 0.391. The second-order valence-corrected chi connectivity index (χ2v) is 9.32. The van der Waals surface area contributed by atoms with Crippen molar-refractivity contribution in [2.45, 2.75) is 58.0 Å². The number of thiophene rings is 1. The Bertz CT molecular complexity index is 1220. The Hall–Kier alpha value is -3.00. The zero-order chi connectivity index (χ0) is 21.4. The molecule has 0 spiro atoms. The van der Waals surface area contributed by atoms with Gasteiger partial charge in [-0.2, -0.15) is 10.1 Å². The molecule has 31 heavy (non-hydrogen) atoms. The number of aryl methyl sites for hydroxylation is 2. The Morgan fingerprint density at radius 1 is 1.19 bits per heavy atom. The third-order valence-corrected chi connectivity index (χ3v) is 7.17. The number of fused-ring (bicyclic) bond motifs is 1. The van der Waals surface area contributed by atoms with Gasteiger partial charge in [0.15, 0.2) is 5.82 Å². The molecule has 3 heterocycles. The Kier molecular flexibility index (Phi) is 5.09. The molecule has 0 radical (unpaired) electrons. The topological polar surface area (TPSA) is 85.8 Å². The average Bonchev–Trinajstić information content (AvgIpc) is 3.47. The van der Waals surface area contributed by atoms with Gasteiger partial charge < -0.3 is 9.84 Å². The molecule has 160 valence electrons. The van der Waals surface area contributed by atoms with E-state index in [0.717, 1.165) is 48.0 Å². The molecule has 0 aliphatic heterocycles. The average molecular weight is 436 g/mol. The standard InChI is InChI=1S/C23H25N5O2S/c1-15-18-13-19(31-21(18)28(26-15)14-17-9-5-3-6-10-17)20(29)25-23(11-7-4-8-12-23)22-24-16(2)30-27-22/h3,5-6,9-10,13H,4,7-8,11-12,14H2,1-2H3,(H,25,29). The number of nitrogens with one attached hydrogen (secondary N) is 1. The largest absolute Gasteiger partial charge is 0.340 e. The summed E-state index contributed by atoms with van der Waals surface area (Å²) in [5.41, 5.74) is 1.55. The molecule has 4 aromatic rings. The summed E-state index contributed by atoms with van der Waals surface area (Å²) in [6, 6.07) is 12.2. The highest BCUT2D eigenvalue weighted by Gasteiger charge is 2.40. The van der Waals surface area contributed by atoms with E-state index in [-0.39, 0.29) is 5.91 Å². The van der Waals surface area contributed by atoms with Gasteiger partial charge in [-0.25, -0.2) is 0 Å². The first kappa shape index (κ1) is 19.9. The number of carbonyl (C=O) groups excluding carboxylic acids is 1. The van der Waals surface area contributed by atoms with Crippen LogP contribution >= 0.6 is 11.3 Å². The van der Waals surface area contributed by atoms with Crippen LogP contribution in [0, 0.1) is 13.8 Å². The van der Waals surface area contributed by atoms with Gasteiger partial charge in [0.2, 0.25) is 5.89 Å². The fourth-order valence-corrected chi connectivity index (χ4v) is 5.48. The van der Waals surface area contributed by atoms with E-state index in [0.29, 0.717) is 23.1 Å². The van der Waals surface area contributed by atoms with Gasteiger partial charge in [0.1, 0.15) is 10.4 Å². The van der Waals surface area contributed by atoms with Crippen LogP contribution in [0.5, 0.6) is 0 Å². The quantitative estimate of drug-likeness (QED) is 0.490. The van der Waals surface area contributed by atoms with Gasteiger partial charge in [-0.15, -0.1) is 11.3 Å². The Morgan fingerprint density at radius 3 is 2.68 bits per heavy atom. The molecule has 0 atom stereocenters. The van der Waals surface area contributed by atoms with Crippen LogP contribution in [-0.2, 0) is 12.1 Å². The molecule has 1 aliphatic rings. The van der Waals surface area contributed by atoms with Crippen LogP contribution in [0.2, 0.25) is 0 Å². The molecule has 1 fully saturated rings. The fourth-order valence-electron chi connectivity index (χ4n) is 4.42. The van der Waals surface area contributed by atoms with E-state index < -0.39 is 5.54 Å². The summed E-state index contributed by atoms with van der Waals surface area (Å²) in [6.45, 7) is 4.45. The van der Waals surface area contributed by atoms with Crippen molar-refractivity contribution in [3.8, 4) is 0 Å². The molecule has 1 N–H and O–H groups in total. The normalized spacial score (nSPS) is 15.9. The van der Waals surface area contributed by atoms with Gasteiger partial charge in [-0.3, -0.25) is 9.48 Å². The summed E-state index contributed by atoms with van der Waals surface area (Å²) in [5.74, 6) is 1.02. The minimum Gasteiger partial charge on any atom is -0.340 e. The van der Waals surface area contributed by atoms with Crippen molar-refractivity contribution in [3.05, 3.63) is 64.2 Å². The summed E-state index contributed by atoms with van der Waals surface area (Å²) in [5, 5.41) is 13.1. The number of benzene rings is 1. The van der Waals surface area contributed by atoms with Gasteiger partial charge in [0, 0.05) is 12.3 Å². The molecule has 0 saturated heterocycles. The molecular formula is C23H25N5O2S. The molecule has 1 saturated carbocycles. The van der Waals surface area contributed by atoms with E-state index in [9.17, 15) is 4.79 Å². The van der Waals surface area contributed by atoms with Gasteiger partial charge in [0.05, 0.1) is 17.1 Å². The van der Waals surface area contributed by atoms with Crippen LogP contribution < -0.4 is 5.32 Å². The minimum atomic E-state index is -0.561. The second-order valence-electron chi connectivity index (χ2n) is 8.29. The van der Waals surface area contributed by atoms with Crippen molar-refractivity contribution in [2.75, 3.05) is 0 Å². The van der Waals surface area contributed by atoms with Crippen LogP contribution in [0.15, 0.2) is 40.9 Å². The third-order valence-electron chi connectivity index (χ3n) is 6.02. The van der Waals surface area contributed by atoms with E-state index in [1.54, 1.807) is 6.92 Å². The Morgan fingerprint density at radius 2 is 1.97 bits per heavy atom. The maximum Gasteiger partial charge on any atom is 0.262 e. The van der Waals surface area contributed by atoms with E-state index >= 15 is 0 Å². The molecule has 5 rings (SSSR count). The van der Waals surface area contributed by atoms with Gasteiger partial charge in [-0.05, 0) is 31.4 Å². The highest BCUT2D eigenvalue weighted by Crippen LogP contribution is 2.37. The van der Waals surface area contributed by atoms with E-state index in [1.807, 2.05) is 35.9 Å². The minimum absolute atomic E-state index is 0.0868. The molecule has 8 heteroatoms. The number of aromatic nitrogens is 4. The van der Waals surface area contributed by atoms with E-state index in [4.69, 9.17) is 4.52 Å². The highest BCUT2D eigenvalue weighted by atomic mass is 32.1. The molecule has 1 aromatic carbocycles. The number of hydrogen-bond acceptors (Lipinski definition) is 6. The lowest BCUT2D eigenvalue weighted by molar-refractivity contribution is 0.0859. The maximum atomic E-state index is 13.3. The summed E-state index contributed by atoms with van der Waals surface area (Å²) in [7, 11) is 0.